The van der Waals surface area contributed by atoms with Crippen molar-refractivity contribution < 1.29 is 9.53 Å². The molecule has 0 aromatic carbocycles. The van der Waals surface area contributed by atoms with Gasteiger partial charge < -0.3 is 4.74 Å². The lowest BCUT2D eigenvalue weighted by atomic mass is 10.0. The molecule has 0 aliphatic rings. The number of ether oxygens (including phenoxy) is 1. The summed E-state index contributed by atoms with van der Waals surface area (Å²) < 4.78 is 5.13. The average Bonchev–Trinajstić information content (AvgIpc) is 1.86. The third-order valence-corrected chi connectivity index (χ3v) is 1.46. The van der Waals surface area contributed by atoms with E-state index < -0.39 is 0 Å². The largest absolute Gasteiger partial charge is 0.459 e. The van der Waals surface area contributed by atoms with Crippen LogP contribution in [0.5, 0.6) is 0 Å². The Labute approximate surface area is 68.9 Å². The molecule has 0 aromatic rings. The number of carbonyl (C=O) groups is 1. The lowest BCUT2D eigenvalue weighted by molar-refractivity contribution is -0.152. The maximum atomic E-state index is 10.8. The van der Waals surface area contributed by atoms with Gasteiger partial charge in [-0.1, -0.05) is 20.3 Å². The maximum Gasteiger partial charge on any atom is 0.310 e. The zero-order valence-corrected chi connectivity index (χ0v) is 7.81. The van der Waals surface area contributed by atoms with Gasteiger partial charge >= 0.3 is 5.97 Å². The second kappa shape index (κ2) is 4.37. The van der Waals surface area contributed by atoms with E-state index in [2.05, 4.69) is 6.92 Å². The first-order valence-electron chi connectivity index (χ1n) is 4.04. The minimum absolute atomic E-state index is 0.233. The molecule has 0 amide bonds. The summed E-state index contributed by atoms with van der Waals surface area (Å²) in [5.41, 5.74) is -0.307. The highest BCUT2D eigenvalue weighted by molar-refractivity contribution is 5.78. The molecule has 1 radical (unpaired) electrons. The highest BCUT2D eigenvalue weighted by Crippen LogP contribution is 2.16. The molecule has 0 aliphatic carbocycles. The SMILES string of the molecule is C[CH]C(=O)OC(C)(C)CCC. The number of esters is 1. The Kier molecular flexibility index (Phi) is 4.16. The van der Waals surface area contributed by atoms with E-state index in [1.807, 2.05) is 13.8 Å². The third-order valence-electron chi connectivity index (χ3n) is 1.46. The molecule has 2 heteroatoms. The Balaban J connectivity index is 3.80. The van der Waals surface area contributed by atoms with Crippen LogP contribution in [0.2, 0.25) is 0 Å². The maximum absolute atomic E-state index is 10.8. The van der Waals surface area contributed by atoms with Gasteiger partial charge in [-0.25, -0.2) is 0 Å². The van der Waals surface area contributed by atoms with Crippen molar-refractivity contribution in [2.75, 3.05) is 0 Å². The molecule has 0 heterocycles. The van der Waals surface area contributed by atoms with Gasteiger partial charge in [0, 0.05) is 0 Å². The third kappa shape index (κ3) is 4.82. The van der Waals surface area contributed by atoms with E-state index in [9.17, 15) is 4.79 Å². The summed E-state index contributed by atoms with van der Waals surface area (Å²) >= 11 is 0. The van der Waals surface area contributed by atoms with Crippen molar-refractivity contribution in [1.82, 2.24) is 0 Å². The van der Waals surface area contributed by atoms with Crippen LogP contribution >= 0.6 is 0 Å². The van der Waals surface area contributed by atoms with E-state index in [1.165, 1.54) is 6.42 Å². The Hall–Kier alpha value is -0.530. The first-order valence-corrected chi connectivity index (χ1v) is 4.04. The first-order chi connectivity index (χ1) is 5.02. The zero-order chi connectivity index (χ0) is 8.91. The number of rotatable bonds is 4. The minimum Gasteiger partial charge on any atom is -0.459 e. The van der Waals surface area contributed by atoms with Gasteiger partial charge in [-0.15, -0.1) is 0 Å². The summed E-state index contributed by atoms with van der Waals surface area (Å²) in [4.78, 5) is 10.8. The topological polar surface area (TPSA) is 26.3 Å². The number of hydrogen-bond donors (Lipinski definition) is 0. The van der Waals surface area contributed by atoms with Crippen LogP contribution in [-0.4, -0.2) is 11.6 Å². The molecule has 0 aliphatic heterocycles. The summed E-state index contributed by atoms with van der Waals surface area (Å²) in [6.07, 6.45) is 3.38. The highest BCUT2D eigenvalue weighted by atomic mass is 16.6. The molecule has 0 spiro atoms. The fourth-order valence-corrected chi connectivity index (χ4v) is 0.984. The van der Waals surface area contributed by atoms with Crippen LogP contribution in [0.3, 0.4) is 0 Å². The van der Waals surface area contributed by atoms with E-state index >= 15 is 0 Å². The van der Waals surface area contributed by atoms with Crippen molar-refractivity contribution in [3.8, 4) is 0 Å². The number of carbonyl (C=O) groups excluding carboxylic acids is 1. The molecule has 0 saturated carbocycles. The quantitative estimate of drug-likeness (QED) is 0.585. The monoisotopic (exact) mass is 157 g/mol. The zero-order valence-electron chi connectivity index (χ0n) is 7.81. The van der Waals surface area contributed by atoms with Gasteiger partial charge in [0.05, 0.1) is 6.42 Å². The molecule has 11 heavy (non-hydrogen) atoms. The predicted molar refractivity (Wildman–Crippen MR) is 45.1 cm³/mol. The molecule has 0 N–H and O–H groups in total. The van der Waals surface area contributed by atoms with Crippen molar-refractivity contribution in [2.45, 2.75) is 46.1 Å². The van der Waals surface area contributed by atoms with Gasteiger partial charge in [-0.3, -0.25) is 4.79 Å². The summed E-state index contributed by atoms with van der Waals surface area (Å²) in [5, 5.41) is 0. The van der Waals surface area contributed by atoms with E-state index in [4.69, 9.17) is 4.74 Å². The van der Waals surface area contributed by atoms with Crippen molar-refractivity contribution in [3.63, 3.8) is 0 Å². The Morgan fingerprint density at radius 2 is 2.09 bits per heavy atom. The summed E-state index contributed by atoms with van der Waals surface area (Å²) in [6.45, 7) is 7.62. The molecule has 2 nitrogen and oxygen atoms in total. The molecule has 0 aromatic heterocycles. The summed E-state index contributed by atoms with van der Waals surface area (Å²) in [7, 11) is 0. The van der Waals surface area contributed by atoms with Crippen LogP contribution in [0.4, 0.5) is 0 Å². The Morgan fingerprint density at radius 3 is 2.45 bits per heavy atom. The van der Waals surface area contributed by atoms with E-state index in [-0.39, 0.29) is 11.6 Å². The minimum atomic E-state index is -0.307. The summed E-state index contributed by atoms with van der Waals surface area (Å²) in [6, 6.07) is 0. The van der Waals surface area contributed by atoms with Crippen molar-refractivity contribution >= 4 is 5.97 Å². The highest BCUT2D eigenvalue weighted by Gasteiger charge is 2.20. The van der Waals surface area contributed by atoms with Crippen LogP contribution in [0.25, 0.3) is 0 Å². The average molecular weight is 157 g/mol. The van der Waals surface area contributed by atoms with Gasteiger partial charge in [-0.05, 0) is 20.3 Å². The van der Waals surface area contributed by atoms with Gasteiger partial charge in [0.2, 0.25) is 0 Å². The fourth-order valence-electron chi connectivity index (χ4n) is 0.984. The molecular formula is C9H17O2. The van der Waals surface area contributed by atoms with E-state index in [0.29, 0.717) is 0 Å². The van der Waals surface area contributed by atoms with Crippen LogP contribution in [0.1, 0.15) is 40.5 Å². The van der Waals surface area contributed by atoms with Gasteiger partial charge in [0.25, 0.3) is 0 Å². The van der Waals surface area contributed by atoms with E-state index in [0.717, 1.165) is 12.8 Å². The molecule has 0 rings (SSSR count). The first kappa shape index (κ1) is 10.5. The van der Waals surface area contributed by atoms with E-state index in [1.54, 1.807) is 6.92 Å². The normalized spacial score (nSPS) is 11.3. The molecule has 0 fully saturated rings. The molecule has 0 unspecified atom stereocenters. The Bertz CT molecular complexity index is 128. The van der Waals surface area contributed by atoms with Crippen LogP contribution in [0.15, 0.2) is 0 Å². The molecule has 65 valence electrons. The van der Waals surface area contributed by atoms with Gasteiger partial charge in [0.1, 0.15) is 5.60 Å². The molecule has 0 saturated heterocycles. The molecule has 0 atom stereocenters. The second-order valence-electron chi connectivity index (χ2n) is 3.22. The number of hydrogen-bond acceptors (Lipinski definition) is 2. The van der Waals surface area contributed by atoms with Gasteiger partial charge in [-0.2, -0.15) is 0 Å². The van der Waals surface area contributed by atoms with Crippen LogP contribution in [0, 0.1) is 6.42 Å². The van der Waals surface area contributed by atoms with Crippen molar-refractivity contribution in [3.05, 3.63) is 6.42 Å². The summed E-state index contributed by atoms with van der Waals surface area (Å²) in [5.74, 6) is -0.233. The molecule has 0 bridgehead atoms. The lowest BCUT2D eigenvalue weighted by Gasteiger charge is -2.23. The smallest absolute Gasteiger partial charge is 0.310 e. The molecular weight excluding hydrogens is 140 g/mol. The predicted octanol–water partition coefficient (Wildman–Crippen LogP) is 2.33. The second-order valence-corrected chi connectivity index (χ2v) is 3.22. The van der Waals surface area contributed by atoms with Crippen molar-refractivity contribution in [2.24, 2.45) is 0 Å². The van der Waals surface area contributed by atoms with Crippen LogP contribution in [-0.2, 0) is 9.53 Å². The standard InChI is InChI=1S/C9H17O2/c1-5-7-9(3,4)11-8(10)6-2/h6H,5,7H2,1-4H3. The van der Waals surface area contributed by atoms with Gasteiger partial charge in [0.15, 0.2) is 0 Å². The lowest BCUT2D eigenvalue weighted by Crippen LogP contribution is -2.27. The fraction of sp³-hybridized carbons (Fsp3) is 0.778. The Morgan fingerprint density at radius 1 is 1.55 bits per heavy atom. The van der Waals surface area contributed by atoms with Crippen molar-refractivity contribution in [1.29, 1.82) is 0 Å². The van der Waals surface area contributed by atoms with Crippen LogP contribution < -0.4 is 0 Å².